The summed E-state index contributed by atoms with van der Waals surface area (Å²) in [5.74, 6) is -0.701. The van der Waals surface area contributed by atoms with E-state index in [0.29, 0.717) is 11.1 Å². The highest BCUT2D eigenvalue weighted by Crippen LogP contribution is 2.44. The van der Waals surface area contributed by atoms with Crippen molar-refractivity contribution in [2.75, 3.05) is 5.73 Å². The van der Waals surface area contributed by atoms with Gasteiger partial charge in [-0.1, -0.05) is 30.3 Å². The lowest BCUT2D eigenvalue weighted by Gasteiger charge is -2.16. The Morgan fingerprint density at radius 3 is 2.21 bits per heavy atom. The maximum atomic E-state index is 11.7. The van der Waals surface area contributed by atoms with Gasteiger partial charge in [0, 0.05) is 36.4 Å². The number of hydrogen-bond acceptors (Lipinski definition) is 5. The van der Waals surface area contributed by atoms with Crippen LogP contribution < -0.4 is 15.2 Å². The van der Waals surface area contributed by atoms with Crippen molar-refractivity contribution in [3.05, 3.63) is 54.1 Å². The number of benzene rings is 4. The van der Waals surface area contributed by atoms with E-state index in [1.54, 1.807) is 0 Å². The quantitative estimate of drug-likeness (QED) is 0.178. The summed E-state index contributed by atoms with van der Waals surface area (Å²) >= 11 is 0. The molecule has 0 amide bonds. The Morgan fingerprint density at radius 2 is 1.50 bits per heavy atom. The van der Waals surface area contributed by atoms with Crippen LogP contribution in [0.25, 0.3) is 32.3 Å². The van der Waals surface area contributed by atoms with E-state index in [1.807, 2.05) is 24.3 Å². The first-order chi connectivity index (χ1) is 13.4. The Labute approximate surface area is 161 Å². The third-order valence-corrected chi connectivity index (χ3v) is 4.86. The topological polar surface area (TPSA) is 78.6 Å². The molecule has 0 heterocycles. The van der Waals surface area contributed by atoms with Crippen LogP contribution in [0.3, 0.4) is 0 Å². The molecule has 140 valence electrons. The van der Waals surface area contributed by atoms with Crippen LogP contribution in [0.2, 0.25) is 0 Å². The minimum absolute atomic E-state index is 0.129. The molecule has 0 saturated carbocycles. The maximum Gasteiger partial charge on any atom is 0.308 e. The molecule has 0 atom stereocenters. The minimum atomic E-state index is -0.519. The summed E-state index contributed by atoms with van der Waals surface area (Å²) in [7, 11) is 0. The standard InChI is InChI=1S/C23H19NO4/c1-12-16-7-5-4-6-15(16)10-19-17(12)8-9-18-22(19)20(24)11-21(27-13(2)25)23(18)28-14(3)26/h4-11H,24H2,1-3H3. The molecular weight excluding hydrogens is 354 g/mol. The maximum absolute atomic E-state index is 11.7. The first-order valence-corrected chi connectivity index (χ1v) is 8.91. The van der Waals surface area contributed by atoms with E-state index in [0.717, 1.165) is 27.1 Å². The van der Waals surface area contributed by atoms with Crippen molar-refractivity contribution in [2.45, 2.75) is 20.8 Å². The van der Waals surface area contributed by atoms with E-state index in [2.05, 4.69) is 25.1 Å². The second-order valence-electron chi connectivity index (χ2n) is 6.79. The van der Waals surface area contributed by atoms with Crippen LogP contribution in [0.15, 0.2) is 48.5 Å². The largest absolute Gasteiger partial charge is 0.423 e. The van der Waals surface area contributed by atoms with E-state index in [1.165, 1.54) is 25.3 Å². The Bertz CT molecular complexity index is 1290. The van der Waals surface area contributed by atoms with E-state index >= 15 is 0 Å². The highest BCUT2D eigenvalue weighted by Gasteiger charge is 2.19. The molecule has 4 rings (SSSR count). The Hall–Kier alpha value is -3.60. The van der Waals surface area contributed by atoms with Gasteiger partial charge in [-0.2, -0.15) is 0 Å². The number of nitrogen functional groups attached to an aromatic ring is 1. The van der Waals surface area contributed by atoms with Crippen LogP contribution in [-0.2, 0) is 9.59 Å². The fourth-order valence-electron chi connectivity index (χ4n) is 3.75. The van der Waals surface area contributed by atoms with E-state index in [-0.39, 0.29) is 11.5 Å². The summed E-state index contributed by atoms with van der Waals surface area (Å²) in [5, 5.41) is 5.66. The molecular formula is C23H19NO4. The van der Waals surface area contributed by atoms with Crippen LogP contribution in [-0.4, -0.2) is 11.9 Å². The van der Waals surface area contributed by atoms with Crippen molar-refractivity contribution in [2.24, 2.45) is 0 Å². The van der Waals surface area contributed by atoms with Gasteiger partial charge >= 0.3 is 11.9 Å². The normalized spacial score (nSPS) is 11.1. The van der Waals surface area contributed by atoms with Crippen molar-refractivity contribution in [3.8, 4) is 11.5 Å². The molecule has 0 aliphatic carbocycles. The van der Waals surface area contributed by atoms with Gasteiger partial charge in [-0.3, -0.25) is 9.59 Å². The van der Waals surface area contributed by atoms with E-state index in [4.69, 9.17) is 15.2 Å². The average Bonchev–Trinajstić information content (AvgIpc) is 2.63. The van der Waals surface area contributed by atoms with Gasteiger partial charge in [0.2, 0.25) is 0 Å². The third kappa shape index (κ3) is 2.81. The lowest BCUT2D eigenvalue weighted by Crippen LogP contribution is -2.08. The van der Waals surface area contributed by atoms with Gasteiger partial charge in [0.1, 0.15) is 0 Å². The van der Waals surface area contributed by atoms with Gasteiger partial charge in [-0.15, -0.1) is 0 Å². The van der Waals surface area contributed by atoms with Crippen molar-refractivity contribution in [1.82, 2.24) is 0 Å². The Balaban J connectivity index is 2.16. The monoisotopic (exact) mass is 373 g/mol. The smallest absolute Gasteiger partial charge is 0.308 e. The van der Waals surface area contributed by atoms with Crippen LogP contribution in [0.1, 0.15) is 19.4 Å². The van der Waals surface area contributed by atoms with Crippen LogP contribution >= 0.6 is 0 Å². The first-order valence-electron chi connectivity index (χ1n) is 8.91. The van der Waals surface area contributed by atoms with Gasteiger partial charge < -0.3 is 15.2 Å². The molecule has 5 nitrogen and oxygen atoms in total. The molecule has 0 aliphatic rings. The minimum Gasteiger partial charge on any atom is -0.423 e. The molecule has 2 N–H and O–H groups in total. The summed E-state index contributed by atoms with van der Waals surface area (Å²) in [5.41, 5.74) is 7.95. The van der Waals surface area contributed by atoms with Gasteiger partial charge in [-0.05, 0) is 46.2 Å². The van der Waals surface area contributed by atoms with Crippen LogP contribution in [0, 0.1) is 6.92 Å². The predicted octanol–water partition coefficient (Wildman–Crippen LogP) is 4.89. The summed E-state index contributed by atoms with van der Waals surface area (Å²) in [6, 6.07) is 15.6. The lowest BCUT2D eigenvalue weighted by atomic mass is 9.93. The number of aryl methyl sites for hydroxylation is 1. The highest BCUT2D eigenvalue weighted by molar-refractivity contribution is 6.19. The van der Waals surface area contributed by atoms with Crippen LogP contribution in [0.5, 0.6) is 11.5 Å². The molecule has 4 aromatic rings. The lowest BCUT2D eigenvalue weighted by molar-refractivity contribution is -0.134. The van der Waals surface area contributed by atoms with Crippen LogP contribution in [0.4, 0.5) is 5.69 Å². The SMILES string of the molecule is CC(=O)Oc1cc(N)c2c(ccc3c(C)c4ccccc4cc32)c1OC(C)=O. The molecule has 0 fully saturated rings. The molecule has 0 spiro atoms. The fourth-order valence-corrected chi connectivity index (χ4v) is 3.75. The number of rotatable bonds is 2. The Kier molecular flexibility index (Phi) is 4.15. The van der Waals surface area contributed by atoms with Crippen molar-refractivity contribution < 1.29 is 19.1 Å². The molecule has 0 unspecified atom stereocenters. The fraction of sp³-hybridized carbons (Fsp3) is 0.130. The summed E-state index contributed by atoms with van der Waals surface area (Å²) < 4.78 is 10.7. The number of ether oxygens (including phenoxy) is 2. The number of esters is 2. The zero-order chi connectivity index (χ0) is 20.0. The molecule has 0 bridgehead atoms. The molecule has 0 saturated heterocycles. The number of carbonyl (C=O) groups excluding carboxylic acids is 2. The zero-order valence-electron chi connectivity index (χ0n) is 15.8. The van der Waals surface area contributed by atoms with Crippen molar-refractivity contribution in [3.63, 3.8) is 0 Å². The van der Waals surface area contributed by atoms with Crippen molar-refractivity contribution in [1.29, 1.82) is 0 Å². The number of hydrogen-bond donors (Lipinski definition) is 1. The molecule has 0 aromatic heterocycles. The van der Waals surface area contributed by atoms with Gasteiger partial charge in [0.05, 0.1) is 0 Å². The van der Waals surface area contributed by atoms with Gasteiger partial charge in [0.15, 0.2) is 11.5 Å². The number of anilines is 1. The second-order valence-corrected chi connectivity index (χ2v) is 6.79. The van der Waals surface area contributed by atoms with Gasteiger partial charge in [0.25, 0.3) is 0 Å². The van der Waals surface area contributed by atoms with E-state index < -0.39 is 11.9 Å². The van der Waals surface area contributed by atoms with Gasteiger partial charge in [-0.25, -0.2) is 0 Å². The first kappa shape index (κ1) is 17.8. The summed E-state index contributed by atoms with van der Waals surface area (Å²) in [6.07, 6.45) is 0. The summed E-state index contributed by atoms with van der Waals surface area (Å²) in [6.45, 7) is 4.67. The van der Waals surface area contributed by atoms with Crippen molar-refractivity contribution >= 4 is 49.9 Å². The number of carbonyl (C=O) groups is 2. The number of fused-ring (bicyclic) bond motifs is 4. The summed E-state index contributed by atoms with van der Waals surface area (Å²) in [4.78, 5) is 23.2. The molecule has 5 heteroatoms. The molecule has 0 radical (unpaired) electrons. The molecule has 4 aromatic carbocycles. The highest BCUT2D eigenvalue weighted by atomic mass is 16.6. The average molecular weight is 373 g/mol. The molecule has 0 aliphatic heterocycles. The van der Waals surface area contributed by atoms with E-state index in [9.17, 15) is 9.59 Å². The second kappa shape index (κ2) is 6.53. The zero-order valence-corrected chi connectivity index (χ0v) is 15.8. The number of nitrogens with two attached hydrogens (primary N) is 1. The molecule has 28 heavy (non-hydrogen) atoms. The predicted molar refractivity (Wildman–Crippen MR) is 111 cm³/mol. The third-order valence-electron chi connectivity index (χ3n) is 4.86. The Morgan fingerprint density at radius 1 is 0.821 bits per heavy atom.